The van der Waals surface area contributed by atoms with Crippen molar-refractivity contribution in [3.8, 4) is 0 Å². The molecule has 6 aromatic heterocycles. The Kier molecular flexibility index (Phi) is 36.0. The molecule has 0 aliphatic heterocycles. The Hall–Kier alpha value is -8.13. The maximum absolute atomic E-state index is 9.42. The van der Waals surface area contributed by atoms with Crippen molar-refractivity contribution in [2.24, 2.45) is 0 Å². The summed E-state index contributed by atoms with van der Waals surface area (Å²) in [6.07, 6.45) is 0. The number of hydrogen-bond acceptors (Lipinski definition) is 15. The first kappa shape index (κ1) is 105. The van der Waals surface area contributed by atoms with E-state index in [0.29, 0.717) is 0 Å². The molecule has 0 spiro atoms. The van der Waals surface area contributed by atoms with Crippen molar-refractivity contribution in [2.45, 2.75) is 117 Å². The van der Waals surface area contributed by atoms with Gasteiger partial charge in [-0.25, -0.2) is 0 Å². The monoisotopic (exact) mass is 2290 g/mol. The molecule has 6 N–H and O–H groups in total. The van der Waals surface area contributed by atoms with E-state index >= 15 is 0 Å². The van der Waals surface area contributed by atoms with E-state index in [9.17, 15) is 5.11 Å². The van der Waals surface area contributed by atoms with E-state index in [0.717, 1.165) is 41.6 Å². The van der Waals surface area contributed by atoms with Crippen LogP contribution in [0.5, 0.6) is 0 Å². The summed E-state index contributed by atoms with van der Waals surface area (Å²) >= 11 is 26.0. The summed E-state index contributed by atoms with van der Waals surface area (Å²) in [4.78, 5) is 8.73. The normalized spacial score (nSPS) is 11.6. The Morgan fingerprint density at radius 3 is 0.873 bits per heavy atom. The van der Waals surface area contributed by atoms with Crippen molar-refractivity contribution >= 4 is 356 Å². The lowest BCUT2D eigenvalue weighted by atomic mass is 9.81. The Morgan fingerprint density at radius 1 is 0.261 bits per heavy atom. The molecule has 9 nitrogen and oxygen atoms in total. The molecular weight excluding hydrogens is 2190 g/mol. The average molecular weight is 2300 g/mol. The predicted octanol–water partition coefficient (Wildman–Crippen LogP) is 34.3. The van der Waals surface area contributed by atoms with Crippen molar-refractivity contribution < 1.29 is 30.3 Å². The van der Waals surface area contributed by atoms with E-state index in [1.54, 1.807) is 76.3 Å². The molecule has 0 unspecified atom stereocenters. The molecule has 0 bridgehead atoms. The SMILES string of the molecule is Brc1ccccc1Br.Brc1ccccc1N(c1cccc2c1sc1ccccc12)c1cccc2sc3ccccc3c12.CC(C)(O)C(C)(C)O.CC(C)(O)C(C)(C)O.CI.CI.COC(C)(C)C(C)(C)O.[B][B].[B]c1ccccc1N(c1cccc2c1sc1ccccc12)c1cccc2sc3ccccc3c12.c1ccc2c(c1)sc1c(Nc3cccc4sc5ccccc5c34)cccc12. The maximum atomic E-state index is 9.42. The number of anilines is 8. The van der Waals surface area contributed by atoms with Gasteiger partial charge in [0, 0.05) is 154 Å². The molecular formula is C111H105B3Br3I2N3O6S6. The van der Waals surface area contributed by atoms with Gasteiger partial charge in [-0.3, -0.25) is 0 Å². The molecule has 6 radical (unpaired) electrons. The molecule has 0 saturated heterocycles. The fourth-order valence-electron chi connectivity index (χ4n) is 14.4. The van der Waals surface area contributed by atoms with E-state index in [1.807, 2.05) is 128 Å². The van der Waals surface area contributed by atoms with Gasteiger partial charge in [0.25, 0.3) is 0 Å². The van der Waals surface area contributed by atoms with Gasteiger partial charge in [0.15, 0.2) is 0 Å². The number of alkyl halides is 2. The van der Waals surface area contributed by atoms with Crippen LogP contribution in [0.4, 0.5) is 45.5 Å². The van der Waals surface area contributed by atoms with E-state index < -0.39 is 33.6 Å². The second-order valence-corrected chi connectivity index (χ2v) is 43.3. The van der Waals surface area contributed by atoms with Crippen LogP contribution in [-0.2, 0) is 4.74 Å². The summed E-state index contributed by atoms with van der Waals surface area (Å²) in [5.41, 5.74) is 4.68. The lowest BCUT2D eigenvalue weighted by molar-refractivity contribution is -0.129. The maximum Gasteiger partial charge on any atom is 0.116 e. The Balaban J connectivity index is 0.000000152. The number of halogens is 5. The topological polar surface area (TPSA) is 129 Å². The summed E-state index contributed by atoms with van der Waals surface area (Å²) in [6, 6.07) is 116. The largest absolute Gasteiger partial charge is 0.387 e. The molecule has 134 heavy (non-hydrogen) atoms. The minimum atomic E-state index is -1.01. The van der Waals surface area contributed by atoms with Gasteiger partial charge in [-0.05, 0) is 262 Å². The zero-order valence-corrected chi connectivity index (χ0v) is 91.3. The van der Waals surface area contributed by atoms with Crippen molar-refractivity contribution in [2.75, 3.05) is 32.1 Å². The van der Waals surface area contributed by atoms with Gasteiger partial charge in [-0.2, -0.15) is 0 Å². The highest BCUT2D eigenvalue weighted by atomic mass is 127. The molecule has 0 aliphatic rings. The van der Waals surface area contributed by atoms with Gasteiger partial charge in [0.05, 0.1) is 81.8 Å². The number of hydrogen-bond donors (Lipinski definition) is 6. The van der Waals surface area contributed by atoms with Crippen LogP contribution in [0, 0.1) is 0 Å². The van der Waals surface area contributed by atoms with Crippen molar-refractivity contribution in [3.05, 3.63) is 341 Å². The van der Waals surface area contributed by atoms with Gasteiger partial charge < -0.3 is 45.4 Å². The number of thiophene rings is 6. The summed E-state index contributed by atoms with van der Waals surface area (Å²) in [7, 11) is 16.2. The van der Waals surface area contributed by atoms with Crippen LogP contribution >= 0.6 is 161 Å². The molecule has 6 heterocycles. The number of nitrogens with one attached hydrogen (secondary N) is 1. The molecule has 0 aliphatic carbocycles. The zero-order chi connectivity index (χ0) is 96.8. The van der Waals surface area contributed by atoms with Crippen LogP contribution in [-0.4, -0.2) is 99.4 Å². The fraction of sp³-hybridized carbons (Fsp3) is 0.189. The van der Waals surface area contributed by atoms with Gasteiger partial charge in [0.2, 0.25) is 0 Å². The highest BCUT2D eigenvalue weighted by molar-refractivity contribution is 14.1. The van der Waals surface area contributed by atoms with Crippen LogP contribution in [0.15, 0.2) is 341 Å². The molecule has 15 aromatic carbocycles. The van der Waals surface area contributed by atoms with Crippen molar-refractivity contribution in [3.63, 3.8) is 0 Å². The second kappa shape index (κ2) is 46.1. The van der Waals surface area contributed by atoms with E-state index in [2.05, 4.69) is 415 Å². The Morgan fingerprint density at radius 2 is 0.515 bits per heavy atom. The summed E-state index contributed by atoms with van der Waals surface area (Å²) in [6.45, 7) is 19.8. The van der Waals surface area contributed by atoms with Crippen molar-refractivity contribution in [1.82, 2.24) is 0 Å². The van der Waals surface area contributed by atoms with Crippen LogP contribution in [0.25, 0.3) is 121 Å². The van der Waals surface area contributed by atoms with Crippen LogP contribution in [0.2, 0.25) is 0 Å². The minimum Gasteiger partial charge on any atom is -0.387 e. The lowest BCUT2D eigenvalue weighted by Crippen LogP contribution is -2.46. The third kappa shape index (κ3) is 23.7. The lowest BCUT2D eigenvalue weighted by Gasteiger charge is -2.35. The average Bonchev–Trinajstić information content (AvgIpc) is 1.56. The number of rotatable bonds is 12. The van der Waals surface area contributed by atoms with E-state index in [1.165, 1.54) is 144 Å². The number of methoxy groups -OCH3 is 1. The zero-order valence-electron chi connectivity index (χ0n) is 77.3. The summed E-state index contributed by atoms with van der Waals surface area (Å²) in [5.74, 6) is 0. The minimum absolute atomic E-state index is 0.465. The van der Waals surface area contributed by atoms with Crippen LogP contribution in [0.3, 0.4) is 0 Å². The molecule has 680 valence electrons. The molecule has 21 rings (SSSR count). The summed E-state index contributed by atoms with van der Waals surface area (Å²) in [5, 5.41) is 65.2. The molecule has 0 amide bonds. The number of aliphatic hydroxyl groups is 5. The van der Waals surface area contributed by atoms with Crippen molar-refractivity contribution in [1.29, 1.82) is 0 Å². The number of fused-ring (bicyclic) bond motifs is 18. The highest BCUT2D eigenvalue weighted by Crippen LogP contribution is 2.53. The molecule has 0 saturated carbocycles. The third-order valence-electron chi connectivity index (χ3n) is 23.6. The number of ether oxygens (including phenoxy) is 1. The predicted molar refractivity (Wildman–Crippen MR) is 625 cm³/mol. The van der Waals surface area contributed by atoms with Crippen LogP contribution in [0.1, 0.15) is 83.1 Å². The van der Waals surface area contributed by atoms with Gasteiger partial charge >= 0.3 is 0 Å². The fourth-order valence-corrected chi connectivity index (χ4v) is 22.4. The molecule has 23 heteroatoms. The van der Waals surface area contributed by atoms with E-state index in [4.69, 9.17) is 33.0 Å². The van der Waals surface area contributed by atoms with Crippen LogP contribution < -0.4 is 20.6 Å². The van der Waals surface area contributed by atoms with Gasteiger partial charge in [-0.15, -0.1) is 68.0 Å². The smallest absolute Gasteiger partial charge is 0.116 e. The number of benzene rings is 15. The molecule has 0 atom stereocenters. The second-order valence-electron chi connectivity index (χ2n) is 34.3. The number of nitrogens with zero attached hydrogens (tertiary/aromatic N) is 2. The van der Waals surface area contributed by atoms with Gasteiger partial charge in [0.1, 0.15) is 7.85 Å². The molecule has 0 fully saturated rings. The van der Waals surface area contributed by atoms with Gasteiger partial charge in [-0.1, -0.05) is 257 Å². The quantitative estimate of drug-likeness (QED) is 0.0402. The summed E-state index contributed by atoms with van der Waals surface area (Å²) < 4.78 is 24.0. The first-order valence-corrected chi connectivity index (χ1v) is 54.7. The third-order valence-corrected chi connectivity index (χ3v) is 33.3. The van der Waals surface area contributed by atoms with E-state index in [-0.39, 0.29) is 0 Å². The highest BCUT2D eigenvalue weighted by Gasteiger charge is 2.36. The first-order chi connectivity index (χ1) is 64.1. The Bertz CT molecular complexity index is 7230. The first-order valence-electron chi connectivity index (χ1n) is 43.1. The Labute approximate surface area is 866 Å². The number of para-hydroxylation sites is 2. The standard InChI is InChI=1S/C30H18BNS2.C30H18BrNS2.C24H15NS2.C7H16O2.C6H4Br2.2C6H14O2.2CH3I.B2/c2*31-22-12-3-4-13-23(22)32(24-14-8-18-28-29(24)21-10-2-6-17-27(21)33-28)25-15-7-11-20-19-9-1-5-16-26(19)34-30(20)25;1-3-12-20-15(7-1)16-9-5-11-19(24(16)27-20)25-18-10-6-14-22-23(18)17-8-2-4-13-21(17)26-22;1-6(2,8)7(3,4)9-5;7-5-3-1-2-4-6(5)8;2*1-5(2,7)6(3,4)8;3*1-2/h2*1-18H;1-14,25H;8H,1-5H3;1-4H;2*7-8H,1-4H3;2*1H3;. The molecule has 21 aromatic rings.